The molecule has 0 saturated carbocycles. The highest BCUT2D eigenvalue weighted by Crippen LogP contribution is 2.13. The molecule has 2 amide bonds. The molecule has 0 bridgehead atoms. The lowest BCUT2D eigenvalue weighted by atomic mass is 10.1. The van der Waals surface area contributed by atoms with Gasteiger partial charge in [-0.2, -0.15) is 0 Å². The van der Waals surface area contributed by atoms with Gasteiger partial charge in [0.1, 0.15) is 6.04 Å². The van der Waals surface area contributed by atoms with Gasteiger partial charge in [-0.25, -0.2) is 9.59 Å². The van der Waals surface area contributed by atoms with Crippen LogP contribution in [0.5, 0.6) is 0 Å². The third-order valence-electron chi connectivity index (χ3n) is 3.62. The number of hydrogen-bond donors (Lipinski definition) is 3. The number of carbonyl (C=O) groups is 3. The van der Waals surface area contributed by atoms with Crippen molar-refractivity contribution in [2.24, 2.45) is 0 Å². The van der Waals surface area contributed by atoms with Gasteiger partial charge < -0.3 is 20.4 Å². The number of urea groups is 1. The molecule has 0 aromatic rings. The third-order valence-corrected chi connectivity index (χ3v) is 3.62. The van der Waals surface area contributed by atoms with Crippen LogP contribution in [0.4, 0.5) is 4.79 Å². The van der Waals surface area contributed by atoms with Crippen LogP contribution in [0, 0.1) is 0 Å². The minimum absolute atomic E-state index is 0.159. The molecule has 1 fully saturated rings. The van der Waals surface area contributed by atoms with Gasteiger partial charge in [0.25, 0.3) is 0 Å². The molecule has 1 rings (SSSR count). The maximum absolute atomic E-state index is 12.0. The third kappa shape index (κ3) is 4.09. The molecule has 0 aromatic heterocycles. The summed E-state index contributed by atoms with van der Waals surface area (Å²) in [6.45, 7) is 4.90. The average molecular weight is 287 g/mol. The van der Waals surface area contributed by atoms with Crippen molar-refractivity contribution in [3.8, 4) is 0 Å². The molecule has 8 heteroatoms. The van der Waals surface area contributed by atoms with Crippen LogP contribution >= 0.6 is 0 Å². The number of carboxylic acid groups (broad SMARTS) is 2. The molecule has 3 N–H and O–H groups in total. The van der Waals surface area contributed by atoms with Gasteiger partial charge >= 0.3 is 18.0 Å². The van der Waals surface area contributed by atoms with Gasteiger partial charge in [-0.15, -0.1) is 0 Å². The molecule has 0 radical (unpaired) electrons. The van der Waals surface area contributed by atoms with Crippen LogP contribution in [-0.4, -0.2) is 76.2 Å². The summed E-state index contributed by atoms with van der Waals surface area (Å²) >= 11 is 0. The Kier molecular flexibility index (Phi) is 5.32. The molecule has 1 aliphatic heterocycles. The van der Waals surface area contributed by atoms with E-state index in [-0.39, 0.29) is 12.1 Å². The molecule has 0 aromatic carbocycles. The van der Waals surface area contributed by atoms with Gasteiger partial charge in [-0.1, -0.05) is 0 Å². The van der Waals surface area contributed by atoms with E-state index in [2.05, 4.69) is 10.2 Å². The van der Waals surface area contributed by atoms with E-state index in [4.69, 9.17) is 10.2 Å². The lowest BCUT2D eigenvalue weighted by Crippen LogP contribution is -2.59. The normalized spacial score (nSPS) is 25.1. The van der Waals surface area contributed by atoms with Crippen LogP contribution in [0.1, 0.15) is 20.3 Å². The number of amides is 2. The van der Waals surface area contributed by atoms with E-state index in [0.717, 1.165) is 0 Å². The molecule has 1 aliphatic rings. The van der Waals surface area contributed by atoms with Gasteiger partial charge in [0.2, 0.25) is 0 Å². The topological polar surface area (TPSA) is 110 Å². The smallest absolute Gasteiger partial charge is 0.326 e. The Morgan fingerprint density at radius 3 is 2.10 bits per heavy atom. The molecular weight excluding hydrogens is 266 g/mol. The second-order valence-electron chi connectivity index (χ2n) is 5.21. The molecule has 20 heavy (non-hydrogen) atoms. The molecule has 0 aliphatic carbocycles. The predicted molar refractivity (Wildman–Crippen MR) is 70.5 cm³/mol. The summed E-state index contributed by atoms with van der Waals surface area (Å²) in [6.07, 6.45) is -0.639. The lowest BCUT2D eigenvalue weighted by molar-refractivity contribution is -0.145. The zero-order chi connectivity index (χ0) is 15.4. The number of rotatable bonds is 4. The summed E-state index contributed by atoms with van der Waals surface area (Å²) in [5.74, 6) is -2.62. The van der Waals surface area contributed by atoms with Crippen molar-refractivity contribution in [1.29, 1.82) is 0 Å². The Morgan fingerprint density at radius 1 is 1.20 bits per heavy atom. The molecule has 2 unspecified atom stereocenters. The molecule has 1 saturated heterocycles. The van der Waals surface area contributed by atoms with E-state index in [9.17, 15) is 14.4 Å². The van der Waals surface area contributed by atoms with Crippen molar-refractivity contribution in [1.82, 2.24) is 15.1 Å². The first kappa shape index (κ1) is 16.2. The van der Waals surface area contributed by atoms with E-state index >= 15 is 0 Å². The highest BCUT2D eigenvalue weighted by molar-refractivity contribution is 5.86. The summed E-state index contributed by atoms with van der Waals surface area (Å²) in [5.41, 5.74) is 0. The zero-order valence-corrected chi connectivity index (χ0v) is 11.9. The van der Waals surface area contributed by atoms with Crippen molar-refractivity contribution in [3.63, 3.8) is 0 Å². The maximum atomic E-state index is 12.0. The van der Waals surface area contributed by atoms with E-state index in [1.54, 1.807) is 0 Å². The Balaban J connectivity index is 2.65. The number of nitrogens with one attached hydrogen (secondary N) is 1. The molecule has 8 nitrogen and oxygen atoms in total. The fourth-order valence-corrected chi connectivity index (χ4v) is 2.19. The quantitative estimate of drug-likeness (QED) is 0.652. The Hall–Kier alpha value is -1.83. The van der Waals surface area contributed by atoms with Gasteiger partial charge in [0.15, 0.2) is 0 Å². The van der Waals surface area contributed by atoms with Crippen molar-refractivity contribution in [2.75, 3.05) is 20.1 Å². The summed E-state index contributed by atoms with van der Waals surface area (Å²) in [6, 6.07) is -1.63. The first-order valence-electron chi connectivity index (χ1n) is 6.44. The van der Waals surface area contributed by atoms with E-state index < -0.39 is 30.4 Å². The Labute approximate surface area is 117 Å². The van der Waals surface area contributed by atoms with Crippen molar-refractivity contribution < 1.29 is 24.6 Å². The molecule has 3 atom stereocenters. The van der Waals surface area contributed by atoms with Crippen LogP contribution in [0.2, 0.25) is 0 Å². The van der Waals surface area contributed by atoms with Crippen molar-refractivity contribution in [2.45, 2.75) is 38.4 Å². The fraction of sp³-hybridized carbons (Fsp3) is 0.750. The Bertz CT molecular complexity index is 389. The number of piperazine rings is 1. The summed E-state index contributed by atoms with van der Waals surface area (Å²) in [7, 11) is 1.97. The number of nitrogens with zero attached hydrogens (tertiary/aromatic N) is 2. The van der Waals surface area contributed by atoms with E-state index in [0.29, 0.717) is 13.1 Å². The minimum atomic E-state index is -1.41. The summed E-state index contributed by atoms with van der Waals surface area (Å²) < 4.78 is 0. The van der Waals surface area contributed by atoms with E-state index in [1.165, 1.54) is 4.90 Å². The monoisotopic (exact) mass is 287 g/mol. The van der Waals surface area contributed by atoms with Crippen LogP contribution < -0.4 is 5.32 Å². The number of carboxylic acids is 2. The SMILES string of the molecule is CC1CN(C(=O)N[C@@H](CC(=O)O)C(=O)O)CC(C)N1C. The second-order valence-corrected chi connectivity index (χ2v) is 5.21. The second kappa shape index (κ2) is 6.56. The first-order valence-corrected chi connectivity index (χ1v) is 6.44. The zero-order valence-electron chi connectivity index (χ0n) is 11.9. The van der Waals surface area contributed by atoms with Crippen LogP contribution in [0.15, 0.2) is 0 Å². The van der Waals surface area contributed by atoms with Crippen LogP contribution in [0.3, 0.4) is 0 Å². The van der Waals surface area contributed by atoms with Crippen molar-refractivity contribution >= 4 is 18.0 Å². The number of carbonyl (C=O) groups excluding carboxylic acids is 1. The highest BCUT2D eigenvalue weighted by atomic mass is 16.4. The number of hydrogen-bond acceptors (Lipinski definition) is 4. The molecule has 1 heterocycles. The van der Waals surface area contributed by atoms with Gasteiger partial charge in [0.05, 0.1) is 6.42 Å². The van der Waals surface area contributed by atoms with Gasteiger partial charge in [-0.3, -0.25) is 9.69 Å². The standard InChI is InChI=1S/C12H21N3O5/c1-7-5-15(6-8(2)14(7)3)12(20)13-9(11(18)19)4-10(16)17/h7-9H,4-6H2,1-3H3,(H,13,20)(H,16,17)(H,18,19)/t7?,8?,9-/m0/s1. The largest absolute Gasteiger partial charge is 0.481 e. The first-order chi connectivity index (χ1) is 9.22. The van der Waals surface area contributed by atoms with Crippen molar-refractivity contribution in [3.05, 3.63) is 0 Å². The van der Waals surface area contributed by atoms with Gasteiger partial charge in [-0.05, 0) is 20.9 Å². The molecular formula is C12H21N3O5. The number of aliphatic carboxylic acids is 2. The van der Waals surface area contributed by atoms with E-state index in [1.807, 2.05) is 20.9 Å². The highest BCUT2D eigenvalue weighted by Gasteiger charge is 2.31. The Morgan fingerprint density at radius 2 is 1.70 bits per heavy atom. The lowest BCUT2D eigenvalue weighted by Gasteiger charge is -2.42. The minimum Gasteiger partial charge on any atom is -0.481 e. The number of likely N-dealkylation sites (N-methyl/N-ethyl adjacent to an activating group) is 1. The molecule has 0 spiro atoms. The molecule has 114 valence electrons. The van der Waals surface area contributed by atoms with Crippen LogP contribution in [0.25, 0.3) is 0 Å². The van der Waals surface area contributed by atoms with Crippen LogP contribution in [-0.2, 0) is 9.59 Å². The van der Waals surface area contributed by atoms with Gasteiger partial charge in [0, 0.05) is 25.2 Å². The average Bonchev–Trinajstić information content (AvgIpc) is 2.33. The maximum Gasteiger partial charge on any atom is 0.326 e. The summed E-state index contributed by atoms with van der Waals surface area (Å²) in [4.78, 5) is 37.2. The summed E-state index contributed by atoms with van der Waals surface area (Å²) in [5, 5.41) is 19.8. The predicted octanol–water partition coefficient (Wildman–Crippen LogP) is -0.352. The fourth-order valence-electron chi connectivity index (χ4n) is 2.19.